The predicted octanol–water partition coefficient (Wildman–Crippen LogP) is 10.3. The Kier molecular flexibility index (Phi) is 5.72. The van der Waals surface area contributed by atoms with Gasteiger partial charge >= 0.3 is 0 Å². The zero-order valence-corrected chi connectivity index (χ0v) is 27.2. The van der Waals surface area contributed by atoms with E-state index in [0.717, 1.165) is 65.9 Å². The summed E-state index contributed by atoms with van der Waals surface area (Å²) < 4.78 is 6.32. The number of pyridine rings is 1. The first kappa shape index (κ1) is 27.9. The molecule has 0 bridgehead atoms. The van der Waals surface area contributed by atoms with Crippen LogP contribution in [0, 0.1) is 0 Å². The van der Waals surface area contributed by atoms with Crippen LogP contribution in [0.15, 0.2) is 169 Å². The minimum Gasteiger partial charge on any atom is -0.307 e. The lowest BCUT2D eigenvalue weighted by Gasteiger charge is -2.14. The summed E-state index contributed by atoms with van der Waals surface area (Å²) in [7, 11) is 0. The van der Waals surface area contributed by atoms with Crippen LogP contribution in [0.25, 0.3) is 93.5 Å². The number of hydrogen-bond acceptors (Lipinski definition) is 3. The molecule has 0 spiro atoms. The average molecular weight is 654 g/mol. The molecule has 11 rings (SSSR count). The second-order valence-corrected chi connectivity index (χ2v) is 13.0. The van der Waals surface area contributed by atoms with E-state index < -0.39 is 0 Å². The van der Waals surface area contributed by atoms with Gasteiger partial charge in [0.05, 0.1) is 38.5 Å². The smallest absolute Gasteiger partial charge is 0.266 e. The number of fused-ring (bicyclic) bond motifs is 12. The first-order valence-electron chi connectivity index (χ1n) is 17.1. The van der Waals surface area contributed by atoms with Crippen molar-refractivity contribution >= 4 is 76.2 Å². The molecule has 0 saturated heterocycles. The van der Waals surface area contributed by atoms with Gasteiger partial charge in [-0.25, -0.2) is 9.97 Å². The van der Waals surface area contributed by atoms with Crippen LogP contribution in [0.5, 0.6) is 0 Å². The van der Waals surface area contributed by atoms with Gasteiger partial charge in [-0.05, 0) is 53.2 Å². The first-order chi connectivity index (χ1) is 25.3. The van der Waals surface area contributed by atoms with Crippen molar-refractivity contribution in [3.05, 3.63) is 174 Å². The van der Waals surface area contributed by atoms with Crippen LogP contribution in [-0.2, 0) is 0 Å². The van der Waals surface area contributed by atoms with E-state index >= 15 is 0 Å². The Morgan fingerprint density at radius 1 is 0.412 bits per heavy atom. The third-order valence-corrected chi connectivity index (χ3v) is 10.3. The molecule has 4 aromatic heterocycles. The van der Waals surface area contributed by atoms with Crippen LogP contribution in [-0.4, -0.2) is 23.7 Å². The van der Waals surface area contributed by atoms with E-state index in [1.165, 1.54) is 10.8 Å². The van der Waals surface area contributed by atoms with E-state index in [1.54, 1.807) is 10.8 Å². The van der Waals surface area contributed by atoms with Gasteiger partial charge in [0.1, 0.15) is 0 Å². The molecule has 6 heteroatoms. The summed E-state index contributed by atoms with van der Waals surface area (Å²) >= 11 is 0. The van der Waals surface area contributed by atoms with Crippen molar-refractivity contribution in [2.45, 2.75) is 0 Å². The molecule has 7 aromatic carbocycles. The Labute approximate surface area is 290 Å². The van der Waals surface area contributed by atoms with Crippen molar-refractivity contribution in [2.75, 3.05) is 0 Å². The van der Waals surface area contributed by atoms with Crippen LogP contribution < -0.4 is 5.56 Å². The Morgan fingerprint density at radius 2 is 1.00 bits per heavy atom. The average Bonchev–Trinajstić information content (AvgIpc) is 3.72. The zero-order valence-electron chi connectivity index (χ0n) is 27.2. The molecule has 0 aliphatic carbocycles. The fraction of sp³-hybridized carbons (Fsp3) is 0. The van der Waals surface area contributed by atoms with Crippen molar-refractivity contribution in [1.29, 1.82) is 0 Å². The molecule has 6 nitrogen and oxygen atoms in total. The van der Waals surface area contributed by atoms with Crippen LogP contribution in [0.1, 0.15) is 0 Å². The second kappa shape index (κ2) is 10.5. The van der Waals surface area contributed by atoms with Gasteiger partial charge in [0.25, 0.3) is 5.56 Å². The molecule has 4 heterocycles. The lowest BCUT2D eigenvalue weighted by Crippen LogP contribution is -2.20. The summed E-state index contributed by atoms with van der Waals surface area (Å²) in [5.74, 6) is 0.511. The highest BCUT2D eigenvalue weighted by molar-refractivity contribution is 6.28. The molecule has 11 aromatic rings. The third kappa shape index (κ3) is 3.84. The number of hydrogen-bond donors (Lipinski definition) is 0. The van der Waals surface area contributed by atoms with Gasteiger partial charge in [0.15, 0.2) is 0 Å². The molecule has 0 radical (unpaired) electrons. The van der Waals surface area contributed by atoms with Crippen LogP contribution >= 0.6 is 0 Å². The van der Waals surface area contributed by atoms with Gasteiger partial charge in [0.2, 0.25) is 5.95 Å². The van der Waals surface area contributed by atoms with Crippen LogP contribution in [0.2, 0.25) is 0 Å². The molecule has 0 fully saturated rings. The van der Waals surface area contributed by atoms with Gasteiger partial charge in [-0.2, -0.15) is 0 Å². The van der Waals surface area contributed by atoms with E-state index in [4.69, 9.17) is 9.97 Å². The van der Waals surface area contributed by atoms with Gasteiger partial charge in [-0.1, -0.05) is 115 Å². The molecule has 0 atom stereocenters. The van der Waals surface area contributed by atoms with Gasteiger partial charge < -0.3 is 4.57 Å². The topological polar surface area (TPSA) is 57.6 Å². The van der Waals surface area contributed by atoms with Gasteiger partial charge in [0, 0.05) is 44.5 Å². The van der Waals surface area contributed by atoms with Crippen molar-refractivity contribution in [3.63, 3.8) is 0 Å². The fourth-order valence-corrected chi connectivity index (χ4v) is 8.15. The van der Waals surface area contributed by atoms with Crippen LogP contribution in [0.4, 0.5) is 0 Å². The molecular formula is C45H27N5O. The molecule has 0 saturated carbocycles. The summed E-state index contributed by atoms with van der Waals surface area (Å²) in [6, 6.07) is 54.2. The second-order valence-electron chi connectivity index (χ2n) is 13.0. The van der Waals surface area contributed by atoms with E-state index in [1.807, 2.05) is 54.6 Å². The Hall–Kier alpha value is -7.05. The molecule has 0 N–H and O–H groups in total. The summed E-state index contributed by atoms with van der Waals surface area (Å²) in [4.78, 5) is 24.6. The van der Waals surface area contributed by atoms with E-state index in [0.29, 0.717) is 16.9 Å². The first-order valence-corrected chi connectivity index (χ1v) is 17.1. The fourth-order valence-electron chi connectivity index (χ4n) is 8.15. The summed E-state index contributed by atoms with van der Waals surface area (Å²) in [6.45, 7) is 0. The van der Waals surface area contributed by atoms with Crippen molar-refractivity contribution in [2.24, 2.45) is 0 Å². The quantitative estimate of drug-likeness (QED) is 0.178. The highest BCUT2D eigenvalue weighted by atomic mass is 16.1. The van der Waals surface area contributed by atoms with Crippen LogP contribution in [0.3, 0.4) is 0 Å². The Bertz CT molecular complexity index is 3270. The minimum absolute atomic E-state index is 0.152. The van der Waals surface area contributed by atoms with E-state index in [-0.39, 0.29) is 5.56 Å². The Balaban J connectivity index is 1.34. The Morgan fingerprint density at radius 3 is 1.76 bits per heavy atom. The summed E-state index contributed by atoms with van der Waals surface area (Å²) in [5, 5.41) is 8.26. The van der Waals surface area contributed by atoms with Crippen molar-refractivity contribution < 1.29 is 0 Å². The van der Waals surface area contributed by atoms with Crippen molar-refractivity contribution in [1.82, 2.24) is 23.7 Å². The lowest BCUT2D eigenvalue weighted by atomic mass is 10.0. The number of benzene rings is 7. The number of nitrogens with zero attached hydrogens (tertiary/aromatic N) is 5. The molecule has 0 aliphatic heterocycles. The molecule has 0 unspecified atom stereocenters. The third-order valence-electron chi connectivity index (χ3n) is 10.3. The molecule has 0 aliphatic rings. The minimum atomic E-state index is -0.152. The van der Waals surface area contributed by atoms with Crippen molar-refractivity contribution in [3.8, 4) is 17.3 Å². The number of aromatic nitrogens is 5. The summed E-state index contributed by atoms with van der Waals surface area (Å²) in [6.07, 6.45) is 1.71. The number of rotatable bonds is 3. The standard InChI is InChI=1S/C45H27N5O/c51-44-36-27-46-45(47-41(36)34-20-10-12-22-38(34)49(44)30-16-5-2-6-17-30)50-39-26-23-28-13-7-8-18-31(28)40(39)35-25-24-33-32-19-9-11-21-37(32)48(42(33)43(35)50)29-14-3-1-4-15-29/h1-27H. The zero-order chi connectivity index (χ0) is 33.6. The molecular weight excluding hydrogens is 627 g/mol. The normalized spacial score (nSPS) is 12.0. The molecule has 0 amide bonds. The van der Waals surface area contributed by atoms with Gasteiger partial charge in [-0.15, -0.1) is 0 Å². The number of para-hydroxylation sites is 4. The summed E-state index contributed by atoms with van der Waals surface area (Å²) in [5.41, 5.74) is 7.36. The van der Waals surface area contributed by atoms with E-state index in [9.17, 15) is 4.79 Å². The SMILES string of the molecule is O=c1c2cnc(-n3c4ccc5ccccc5c4c4ccc5c6ccccc6n(-c6ccccc6)c5c43)nc2c2ccccc2n1-c1ccccc1. The largest absolute Gasteiger partial charge is 0.307 e. The molecule has 51 heavy (non-hydrogen) atoms. The maximum Gasteiger partial charge on any atom is 0.266 e. The lowest BCUT2D eigenvalue weighted by molar-refractivity contribution is 1.000. The maximum atomic E-state index is 14.3. The highest BCUT2D eigenvalue weighted by Gasteiger charge is 2.24. The highest BCUT2D eigenvalue weighted by Crippen LogP contribution is 2.43. The monoisotopic (exact) mass is 653 g/mol. The van der Waals surface area contributed by atoms with Gasteiger partial charge in [-0.3, -0.25) is 13.9 Å². The van der Waals surface area contributed by atoms with E-state index in [2.05, 4.69) is 112 Å². The maximum absolute atomic E-state index is 14.3. The predicted molar refractivity (Wildman–Crippen MR) is 209 cm³/mol. The molecule has 238 valence electrons.